The van der Waals surface area contributed by atoms with Crippen LogP contribution in [0.2, 0.25) is 0 Å². The summed E-state index contributed by atoms with van der Waals surface area (Å²) in [6.07, 6.45) is 5.16. The predicted octanol–water partition coefficient (Wildman–Crippen LogP) is 3.43. The topological polar surface area (TPSA) is 21.3 Å². The van der Waals surface area contributed by atoms with Crippen LogP contribution in [0, 0.1) is 11.7 Å². The summed E-state index contributed by atoms with van der Waals surface area (Å²) < 4.78 is 19.4. The Morgan fingerprint density at radius 3 is 2.89 bits per heavy atom. The van der Waals surface area contributed by atoms with Crippen molar-refractivity contribution in [3.05, 3.63) is 29.6 Å². The van der Waals surface area contributed by atoms with Gasteiger partial charge in [-0.05, 0) is 43.5 Å². The molecule has 0 aromatic heterocycles. The lowest BCUT2D eigenvalue weighted by molar-refractivity contribution is 0.0531. The van der Waals surface area contributed by atoms with Crippen LogP contribution in [0.1, 0.15) is 44.2 Å². The molecule has 1 aliphatic carbocycles. The highest BCUT2D eigenvalue weighted by molar-refractivity contribution is 5.38. The van der Waals surface area contributed by atoms with Gasteiger partial charge in [-0.15, -0.1) is 0 Å². The van der Waals surface area contributed by atoms with Crippen LogP contribution >= 0.6 is 0 Å². The average molecular weight is 249 g/mol. The molecular formula is C15H20FNO. The number of hydrogen-bond donors (Lipinski definition) is 1. The van der Waals surface area contributed by atoms with E-state index in [4.69, 9.17) is 4.74 Å². The van der Waals surface area contributed by atoms with Crippen molar-refractivity contribution in [1.82, 2.24) is 5.32 Å². The lowest BCUT2D eigenvalue weighted by Crippen LogP contribution is -2.39. The Kier molecular flexibility index (Phi) is 3.25. The van der Waals surface area contributed by atoms with Gasteiger partial charge in [0.2, 0.25) is 0 Å². The molecule has 0 bridgehead atoms. The van der Waals surface area contributed by atoms with E-state index >= 15 is 0 Å². The van der Waals surface area contributed by atoms with E-state index in [1.165, 1.54) is 25.3 Å². The van der Waals surface area contributed by atoms with E-state index in [1.807, 2.05) is 0 Å². The molecule has 1 saturated carbocycles. The fourth-order valence-electron chi connectivity index (χ4n) is 3.01. The molecule has 1 aliphatic heterocycles. The molecule has 1 heterocycles. The highest BCUT2D eigenvalue weighted by Gasteiger charge is 2.35. The molecular weight excluding hydrogens is 229 g/mol. The molecule has 0 radical (unpaired) electrons. The molecule has 1 fully saturated rings. The normalized spacial score (nSPS) is 27.2. The van der Waals surface area contributed by atoms with Crippen molar-refractivity contribution < 1.29 is 9.13 Å². The summed E-state index contributed by atoms with van der Waals surface area (Å²) in [4.78, 5) is 0. The molecule has 3 heteroatoms. The van der Waals surface area contributed by atoms with Crippen molar-refractivity contribution in [2.24, 2.45) is 5.92 Å². The highest BCUT2D eigenvalue weighted by atomic mass is 19.1. The summed E-state index contributed by atoms with van der Waals surface area (Å²) in [5.41, 5.74) is 0.979. The van der Waals surface area contributed by atoms with Gasteiger partial charge in [0.25, 0.3) is 0 Å². The number of nitrogens with one attached hydrogen (secondary N) is 1. The molecule has 2 aliphatic rings. The van der Waals surface area contributed by atoms with Crippen molar-refractivity contribution in [1.29, 1.82) is 0 Å². The summed E-state index contributed by atoms with van der Waals surface area (Å²) in [5, 5.41) is 3.45. The molecule has 1 N–H and O–H groups in total. The van der Waals surface area contributed by atoms with Crippen molar-refractivity contribution in [2.45, 2.75) is 44.8 Å². The van der Waals surface area contributed by atoms with E-state index in [9.17, 15) is 4.39 Å². The molecule has 2 unspecified atom stereocenters. The zero-order chi connectivity index (χ0) is 12.5. The zero-order valence-corrected chi connectivity index (χ0v) is 10.8. The number of fused-ring (bicyclic) bond motifs is 1. The minimum atomic E-state index is -0.178. The molecule has 0 spiro atoms. The maximum Gasteiger partial charge on any atom is 0.124 e. The van der Waals surface area contributed by atoms with Crippen molar-refractivity contribution in [3.63, 3.8) is 0 Å². The van der Waals surface area contributed by atoms with Crippen LogP contribution in [0.5, 0.6) is 5.75 Å². The minimum Gasteiger partial charge on any atom is -0.490 e. The first-order valence-corrected chi connectivity index (χ1v) is 6.97. The Bertz CT molecular complexity index is 431. The third-order valence-corrected chi connectivity index (χ3v) is 4.22. The average Bonchev–Trinajstić information content (AvgIpc) is 2.28. The molecule has 2 atom stereocenters. The Labute approximate surface area is 108 Å². The smallest absolute Gasteiger partial charge is 0.124 e. The lowest BCUT2D eigenvalue weighted by Gasteiger charge is -2.40. The van der Waals surface area contributed by atoms with E-state index in [1.54, 1.807) is 12.1 Å². The molecule has 0 saturated heterocycles. The fraction of sp³-hybridized carbons (Fsp3) is 0.600. The van der Waals surface area contributed by atoms with E-state index in [-0.39, 0.29) is 11.9 Å². The van der Waals surface area contributed by atoms with Gasteiger partial charge in [0.05, 0.1) is 0 Å². The van der Waals surface area contributed by atoms with Crippen LogP contribution in [0.3, 0.4) is 0 Å². The van der Waals surface area contributed by atoms with Gasteiger partial charge in [0.1, 0.15) is 17.7 Å². The van der Waals surface area contributed by atoms with Crippen LogP contribution in [-0.4, -0.2) is 12.6 Å². The second-order valence-electron chi connectivity index (χ2n) is 5.38. The monoisotopic (exact) mass is 249 g/mol. The second-order valence-corrected chi connectivity index (χ2v) is 5.38. The van der Waals surface area contributed by atoms with Crippen LogP contribution in [0.25, 0.3) is 0 Å². The van der Waals surface area contributed by atoms with Crippen LogP contribution in [-0.2, 0) is 0 Å². The summed E-state index contributed by atoms with van der Waals surface area (Å²) in [6.45, 7) is 2.99. The van der Waals surface area contributed by atoms with Gasteiger partial charge in [0.15, 0.2) is 0 Å². The number of rotatable bonds is 3. The van der Waals surface area contributed by atoms with E-state index < -0.39 is 0 Å². The van der Waals surface area contributed by atoms with Crippen LogP contribution in [0.4, 0.5) is 4.39 Å². The maximum absolute atomic E-state index is 13.4. The number of benzene rings is 1. The first-order valence-electron chi connectivity index (χ1n) is 6.97. The van der Waals surface area contributed by atoms with Gasteiger partial charge in [-0.3, -0.25) is 0 Å². The fourth-order valence-corrected chi connectivity index (χ4v) is 3.01. The van der Waals surface area contributed by atoms with E-state index in [0.717, 1.165) is 24.3 Å². The van der Waals surface area contributed by atoms with E-state index in [0.29, 0.717) is 12.0 Å². The number of ether oxygens (including phenoxy) is 1. The minimum absolute atomic E-state index is 0.178. The van der Waals surface area contributed by atoms with E-state index in [2.05, 4.69) is 12.2 Å². The maximum atomic E-state index is 13.4. The van der Waals surface area contributed by atoms with Gasteiger partial charge in [-0.25, -0.2) is 4.39 Å². The Morgan fingerprint density at radius 2 is 2.22 bits per heavy atom. The molecule has 18 heavy (non-hydrogen) atoms. The molecule has 3 rings (SSSR count). The summed E-state index contributed by atoms with van der Waals surface area (Å²) in [5.74, 6) is 1.39. The largest absolute Gasteiger partial charge is 0.490 e. The molecule has 98 valence electrons. The van der Waals surface area contributed by atoms with Gasteiger partial charge in [-0.2, -0.15) is 0 Å². The standard InChI is InChI=1S/C15H20FNO/c1-2-17-13-9-15(10-4-3-5-10)18-14-7-6-11(16)8-12(13)14/h6-8,10,13,15,17H,2-5,9H2,1H3. The quantitative estimate of drug-likeness (QED) is 0.886. The SMILES string of the molecule is CCNC1CC(C2CCC2)Oc2ccc(F)cc21. The van der Waals surface area contributed by atoms with Crippen molar-refractivity contribution in [3.8, 4) is 5.75 Å². The summed E-state index contributed by atoms with van der Waals surface area (Å²) in [6, 6.07) is 5.12. The Morgan fingerprint density at radius 1 is 1.39 bits per heavy atom. The zero-order valence-electron chi connectivity index (χ0n) is 10.8. The van der Waals surface area contributed by atoms with Crippen LogP contribution in [0.15, 0.2) is 18.2 Å². The molecule has 0 amide bonds. The van der Waals surface area contributed by atoms with Gasteiger partial charge >= 0.3 is 0 Å². The van der Waals surface area contributed by atoms with Gasteiger partial charge < -0.3 is 10.1 Å². The first-order chi connectivity index (χ1) is 8.78. The van der Waals surface area contributed by atoms with Crippen molar-refractivity contribution in [2.75, 3.05) is 6.54 Å². The first kappa shape index (κ1) is 12.0. The molecule has 1 aromatic rings. The van der Waals surface area contributed by atoms with Crippen molar-refractivity contribution >= 4 is 0 Å². The van der Waals surface area contributed by atoms with Gasteiger partial charge in [0, 0.05) is 18.0 Å². The number of halogens is 1. The third kappa shape index (κ3) is 2.12. The molecule has 2 nitrogen and oxygen atoms in total. The summed E-state index contributed by atoms with van der Waals surface area (Å²) >= 11 is 0. The second kappa shape index (κ2) is 4.88. The van der Waals surface area contributed by atoms with Gasteiger partial charge in [-0.1, -0.05) is 13.3 Å². The predicted molar refractivity (Wildman–Crippen MR) is 69.2 cm³/mol. The Balaban J connectivity index is 1.86. The third-order valence-electron chi connectivity index (χ3n) is 4.22. The van der Waals surface area contributed by atoms with Crippen LogP contribution < -0.4 is 10.1 Å². The Hall–Kier alpha value is -1.09. The lowest BCUT2D eigenvalue weighted by atomic mass is 9.77. The number of hydrogen-bond acceptors (Lipinski definition) is 2. The summed E-state index contributed by atoms with van der Waals surface area (Å²) in [7, 11) is 0. The highest BCUT2D eigenvalue weighted by Crippen LogP contribution is 2.42. The molecule has 1 aromatic carbocycles.